The molecule has 0 spiro atoms. The topological polar surface area (TPSA) is 64.0 Å². The highest BCUT2D eigenvalue weighted by Crippen LogP contribution is 2.35. The maximum absolute atomic E-state index is 14.6. The van der Waals surface area contributed by atoms with E-state index in [1.807, 2.05) is 0 Å². The summed E-state index contributed by atoms with van der Waals surface area (Å²) in [4.78, 5) is 32.0. The maximum Gasteiger partial charge on any atom is 0.267 e. The summed E-state index contributed by atoms with van der Waals surface area (Å²) in [5, 5.41) is 3.45. The molecular weight excluding hydrogens is 409 g/mol. The van der Waals surface area contributed by atoms with Gasteiger partial charge in [0.2, 0.25) is 5.91 Å². The molecule has 1 amide bonds. The van der Waals surface area contributed by atoms with Crippen molar-refractivity contribution in [3.05, 3.63) is 50.9 Å². The molecule has 2 heterocycles. The van der Waals surface area contributed by atoms with Gasteiger partial charge in [-0.2, -0.15) is 0 Å². The van der Waals surface area contributed by atoms with E-state index in [4.69, 9.17) is 6.42 Å². The highest BCUT2D eigenvalue weighted by molar-refractivity contribution is 7.99. The lowest BCUT2D eigenvalue weighted by Gasteiger charge is -2.14. The molecule has 0 radical (unpaired) electrons. The molecule has 4 rings (SSSR count). The molecule has 148 valence electrons. The SMILES string of the molecule is C#CCNC(=O)CSc1nc2sc3c(c2c(=O)n1-c1ccccc1F)CCCC3. The van der Waals surface area contributed by atoms with E-state index in [-0.39, 0.29) is 29.5 Å². The van der Waals surface area contributed by atoms with E-state index in [1.165, 1.54) is 26.8 Å². The number of amides is 1. The van der Waals surface area contributed by atoms with Crippen molar-refractivity contribution in [1.29, 1.82) is 0 Å². The third-order valence-corrected chi connectivity index (χ3v) is 6.90. The van der Waals surface area contributed by atoms with Crippen molar-refractivity contribution in [2.45, 2.75) is 30.8 Å². The zero-order chi connectivity index (χ0) is 20.4. The number of nitrogens with zero attached hydrogens (tertiary/aromatic N) is 2. The number of aromatic nitrogens is 2. The number of thioether (sulfide) groups is 1. The largest absolute Gasteiger partial charge is 0.344 e. The Hall–Kier alpha value is -2.63. The van der Waals surface area contributed by atoms with Gasteiger partial charge in [-0.25, -0.2) is 9.37 Å². The van der Waals surface area contributed by atoms with Crippen LogP contribution in [0.4, 0.5) is 4.39 Å². The number of carbonyl (C=O) groups is 1. The summed E-state index contributed by atoms with van der Waals surface area (Å²) in [6.45, 7) is 0.129. The second-order valence-corrected chi connectivity index (χ2v) is 8.67. The highest BCUT2D eigenvalue weighted by Gasteiger charge is 2.24. The zero-order valence-corrected chi connectivity index (χ0v) is 17.2. The van der Waals surface area contributed by atoms with Gasteiger partial charge in [-0.15, -0.1) is 17.8 Å². The van der Waals surface area contributed by atoms with E-state index in [9.17, 15) is 14.0 Å². The second kappa shape index (κ2) is 8.39. The number of para-hydroxylation sites is 1. The van der Waals surface area contributed by atoms with Gasteiger partial charge in [0.15, 0.2) is 5.16 Å². The molecule has 1 aliphatic rings. The molecule has 1 N–H and O–H groups in total. The van der Waals surface area contributed by atoms with E-state index in [2.05, 4.69) is 16.2 Å². The van der Waals surface area contributed by atoms with E-state index >= 15 is 0 Å². The Morgan fingerprint density at radius 2 is 2.14 bits per heavy atom. The summed E-state index contributed by atoms with van der Waals surface area (Å²) < 4.78 is 15.9. The van der Waals surface area contributed by atoms with Crippen LogP contribution in [0.3, 0.4) is 0 Å². The monoisotopic (exact) mass is 427 g/mol. The fraction of sp³-hybridized carbons (Fsp3) is 0.286. The molecular formula is C21H18FN3O2S2. The Morgan fingerprint density at radius 1 is 1.34 bits per heavy atom. The summed E-state index contributed by atoms with van der Waals surface area (Å²) in [5.74, 6) is 1.58. The quantitative estimate of drug-likeness (QED) is 0.386. The Kier molecular flexibility index (Phi) is 5.69. The van der Waals surface area contributed by atoms with E-state index in [0.29, 0.717) is 15.4 Å². The van der Waals surface area contributed by atoms with E-state index in [1.54, 1.807) is 18.2 Å². The first-order valence-corrected chi connectivity index (χ1v) is 11.1. The van der Waals surface area contributed by atoms with Crippen LogP contribution in [0.1, 0.15) is 23.3 Å². The fourth-order valence-corrected chi connectivity index (χ4v) is 5.60. The number of terminal acetylenes is 1. The molecule has 2 aromatic heterocycles. The van der Waals surface area contributed by atoms with Crippen LogP contribution in [-0.2, 0) is 17.6 Å². The molecule has 0 atom stereocenters. The van der Waals surface area contributed by atoms with Crippen LogP contribution in [0.5, 0.6) is 0 Å². The van der Waals surface area contributed by atoms with Crippen LogP contribution in [0.25, 0.3) is 15.9 Å². The Labute approximate surface area is 175 Å². The van der Waals surface area contributed by atoms with Gasteiger partial charge in [0, 0.05) is 4.88 Å². The number of thiophene rings is 1. The van der Waals surface area contributed by atoms with Crippen molar-refractivity contribution < 1.29 is 9.18 Å². The van der Waals surface area contributed by atoms with Gasteiger partial charge in [0.25, 0.3) is 5.56 Å². The number of carbonyl (C=O) groups excluding carboxylic acids is 1. The third-order valence-electron chi connectivity index (χ3n) is 4.77. The van der Waals surface area contributed by atoms with Crippen LogP contribution >= 0.6 is 23.1 Å². The van der Waals surface area contributed by atoms with Crippen molar-refractivity contribution in [1.82, 2.24) is 14.9 Å². The first-order valence-electron chi connectivity index (χ1n) is 9.25. The minimum absolute atomic E-state index is 0.0270. The van der Waals surface area contributed by atoms with Crippen molar-refractivity contribution in [3.8, 4) is 18.0 Å². The van der Waals surface area contributed by atoms with Crippen molar-refractivity contribution in [2.24, 2.45) is 0 Å². The minimum Gasteiger partial charge on any atom is -0.344 e. The average Bonchev–Trinajstić information content (AvgIpc) is 3.10. The van der Waals surface area contributed by atoms with Gasteiger partial charge in [-0.1, -0.05) is 29.8 Å². The van der Waals surface area contributed by atoms with Gasteiger partial charge in [-0.3, -0.25) is 14.2 Å². The lowest BCUT2D eigenvalue weighted by Crippen LogP contribution is -2.27. The number of benzene rings is 1. The summed E-state index contributed by atoms with van der Waals surface area (Å²) in [7, 11) is 0. The predicted molar refractivity (Wildman–Crippen MR) is 114 cm³/mol. The molecule has 1 aliphatic carbocycles. The molecule has 5 nitrogen and oxygen atoms in total. The number of hydrogen-bond donors (Lipinski definition) is 1. The van der Waals surface area contributed by atoms with Gasteiger partial charge in [-0.05, 0) is 43.4 Å². The fourth-order valence-electron chi connectivity index (χ4n) is 3.46. The molecule has 0 aliphatic heterocycles. The summed E-state index contributed by atoms with van der Waals surface area (Å²) in [5.41, 5.74) is 0.891. The van der Waals surface area contributed by atoms with Gasteiger partial charge < -0.3 is 5.32 Å². The number of rotatable bonds is 5. The molecule has 0 unspecified atom stereocenters. The molecule has 0 saturated heterocycles. The number of halogens is 1. The zero-order valence-electron chi connectivity index (χ0n) is 15.5. The first kappa shape index (κ1) is 19.7. The van der Waals surface area contributed by atoms with Crippen LogP contribution in [-0.4, -0.2) is 27.8 Å². The Morgan fingerprint density at radius 3 is 2.93 bits per heavy atom. The maximum atomic E-state index is 14.6. The predicted octanol–water partition coefficient (Wildman–Crippen LogP) is 3.31. The van der Waals surface area contributed by atoms with Crippen LogP contribution in [0, 0.1) is 18.2 Å². The second-order valence-electron chi connectivity index (χ2n) is 6.65. The lowest BCUT2D eigenvalue weighted by molar-refractivity contribution is -0.118. The number of fused-ring (bicyclic) bond motifs is 3. The van der Waals surface area contributed by atoms with E-state index in [0.717, 1.165) is 43.0 Å². The van der Waals surface area contributed by atoms with Crippen molar-refractivity contribution in [2.75, 3.05) is 12.3 Å². The molecule has 3 aromatic rings. The smallest absolute Gasteiger partial charge is 0.267 e. The molecule has 0 bridgehead atoms. The van der Waals surface area contributed by atoms with Gasteiger partial charge >= 0.3 is 0 Å². The lowest BCUT2D eigenvalue weighted by atomic mass is 9.97. The van der Waals surface area contributed by atoms with Crippen LogP contribution in [0.15, 0.2) is 34.2 Å². The van der Waals surface area contributed by atoms with Gasteiger partial charge in [0.1, 0.15) is 10.6 Å². The normalized spacial score (nSPS) is 13.1. The van der Waals surface area contributed by atoms with E-state index < -0.39 is 5.82 Å². The summed E-state index contributed by atoms with van der Waals surface area (Å²) >= 11 is 2.62. The molecule has 0 saturated carbocycles. The molecule has 1 aromatic carbocycles. The Bertz CT molecular complexity index is 1190. The average molecular weight is 428 g/mol. The summed E-state index contributed by atoms with van der Waals surface area (Å²) in [6, 6.07) is 6.10. The number of nitrogens with one attached hydrogen (secondary N) is 1. The van der Waals surface area contributed by atoms with Crippen molar-refractivity contribution >= 4 is 39.2 Å². The van der Waals surface area contributed by atoms with Crippen LogP contribution < -0.4 is 10.9 Å². The van der Waals surface area contributed by atoms with Crippen molar-refractivity contribution in [3.63, 3.8) is 0 Å². The minimum atomic E-state index is -0.515. The molecule has 8 heteroatoms. The standard InChI is InChI=1S/C21H18FN3O2S2/c1-2-11-23-17(26)12-28-21-24-19-18(13-7-3-6-10-16(13)29-19)20(27)25(21)15-9-5-4-8-14(15)22/h1,4-5,8-9H,3,6-7,10-12H2,(H,23,26). The third kappa shape index (κ3) is 3.80. The Balaban J connectivity index is 1.86. The molecule has 29 heavy (non-hydrogen) atoms. The number of hydrogen-bond acceptors (Lipinski definition) is 5. The first-order chi connectivity index (χ1) is 14.1. The molecule has 0 fully saturated rings. The summed E-state index contributed by atoms with van der Waals surface area (Å²) in [6.07, 6.45) is 9.06. The highest BCUT2D eigenvalue weighted by atomic mass is 32.2. The van der Waals surface area contributed by atoms with Gasteiger partial charge in [0.05, 0.1) is 23.4 Å². The number of aryl methyl sites for hydroxylation is 2. The van der Waals surface area contributed by atoms with Crippen LogP contribution in [0.2, 0.25) is 0 Å².